The third-order valence-electron chi connectivity index (χ3n) is 1.73. The van der Waals surface area contributed by atoms with E-state index in [0.717, 1.165) is 6.26 Å². The summed E-state index contributed by atoms with van der Waals surface area (Å²) in [6.07, 6.45) is 3.90. The molecular formula is C7H8N4O3S. The molecule has 1 N–H and O–H groups in total. The summed E-state index contributed by atoms with van der Waals surface area (Å²) in [5, 5.41) is 7.17. The second kappa shape index (κ2) is 3.55. The largest absolute Gasteiger partial charge is 0.277 e. The molecule has 0 unspecified atom stereocenters. The lowest BCUT2D eigenvalue weighted by Crippen LogP contribution is -2.03. The Hall–Kier alpha value is -1.54. The molecule has 0 spiro atoms. The number of nitrogens with one attached hydrogen (secondary N) is 1. The van der Waals surface area contributed by atoms with Crippen molar-refractivity contribution in [3.8, 4) is 0 Å². The zero-order valence-electron chi connectivity index (χ0n) is 7.84. The van der Waals surface area contributed by atoms with Gasteiger partial charge in [0.05, 0.1) is 17.3 Å². The smallest absolute Gasteiger partial charge is 0.264 e. The number of aromatic amines is 1. The van der Waals surface area contributed by atoms with Gasteiger partial charge in [-0.2, -0.15) is 13.5 Å². The van der Waals surface area contributed by atoms with Gasteiger partial charge in [0, 0.05) is 6.20 Å². The van der Waals surface area contributed by atoms with Crippen LogP contribution in [0.1, 0.15) is 5.69 Å². The van der Waals surface area contributed by atoms with Crippen LogP contribution in [0.3, 0.4) is 0 Å². The van der Waals surface area contributed by atoms with Gasteiger partial charge in [-0.3, -0.25) is 9.28 Å². The Kier molecular flexibility index (Phi) is 2.37. The Morgan fingerprint density at radius 2 is 2.33 bits per heavy atom. The molecule has 0 aliphatic carbocycles. The predicted molar refractivity (Wildman–Crippen MR) is 51.3 cm³/mol. The van der Waals surface area contributed by atoms with Gasteiger partial charge >= 0.3 is 0 Å². The van der Waals surface area contributed by atoms with Gasteiger partial charge in [-0.1, -0.05) is 0 Å². The molecule has 0 aliphatic heterocycles. The molecule has 2 rings (SSSR count). The fourth-order valence-corrected chi connectivity index (χ4v) is 1.41. The highest BCUT2D eigenvalue weighted by molar-refractivity contribution is 7.85. The van der Waals surface area contributed by atoms with E-state index in [2.05, 4.69) is 24.3 Å². The number of aromatic nitrogens is 4. The lowest BCUT2D eigenvalue weighted by molar-refractivity contribution is 0.308. The minimum Gasteiger partial charge on any atom is -0.277 e. The van der Waals surface area contributed by atoms with E-state index in [1.165, 1.54) is 6.33 Å². The summed E-state index contributed by atoms with van der Waals surface area (Å²) < 4.78 is 26.2. The molecule has 0 fully saturated rings. The lowest BCUT2D eigenvalue weighted by Gasteiger charge is -1.98. The first-order valence-electron chi connectivity index (χ1n) is 4.03. The SMILES string of the molecule is CS(=O)(=O)OCc1[nH]nc2ncncc12. The molecule has 7 nitrogen and oxygen atoms in total. The van der Waals surface area contributed by atoms with Gasteiger partial charge in [0.25, 0.3) is 10.1 Å². The predicted octanol–water partition coefficient (Wildman–Crippen LogP) is -0.171. The van der Waals surface area contributed by atoms with Crippen LogP contribution in [0.15, 0.2) is 12.5 Å². The average Bonchev–Trinajstić information content (AvgIpc) is 2.57. The molecular weight excluding hydrogens is 220 g/mol. The van der Waals surface area contributed by atoms with E-state index in [1.807, 2.05) is 0 Å². The average molecular weight is 228 g/mol. The van der Waals surface area contributed by atoms with E-state index in [9.17, 15) is 8.42 Å². The Bertz CT molecular complexity index is 577. The number of hydrogen-bond donors (Lipinski definition) is 1. The molecule has 0 atom stereocenters. The van der Waals surface area contributed by atoms with Crippen LogP contribution in [-0.4, -0.2) is 34.8 Å². The highest BCUT2D eigenvalue weighted by atomic mass is 32.2. The molecule has 2 heterocycles. The summed E-state index contributed by atoms with van der Waals surface area (Å²) in [6, 6.07) is 0. The maximum Gasteiger partial charge on any atom is 0.264 e. The van der Waals surface area contributed by atoms with Crippen LogP contribution in [0.4, 0.5) is 0 Å². The lowest BCUT2D eigenvalue weighted by atomic mass is 10.3. The highest BCUT2D eigenvalue weighted by Crippen LogP contribution is 2.12. The van der Waals surface area contributed by atoms with Crippen molar-refractivity contribution in [1.82, 2.24) is 20.2 Å². The van der Waals surface area contributed by atoms with Gasteiger partial charge in [0.15, 0.2) is 5.65 Å². The molecule has 0 saturated heterocycles. The van der Waals surface area contributed by atoms with Crippen molar-refractivity contribution < 1.29 is 12.6 Å². The molecule has 0 aliphatic rings. The van der Waals surface area contributed by atoms with E-state index < -0.39 is 10.1 Å². The second-order valence-electron chi connectivity index (χ2n) is 2.93. The van der Waals surface area contributed by atoms with Crippen LogP contribution < -0.4 is 0 Å². The van der Waals surface area contributed by atoms with Crippen molar-refractivity contribution in [2.24, 2.45) is 0 Å². The van der Waals surface area contributed by atoms with Crippen molar-refractivity contribution in [3.05, 3.63) is 18.2 Å². The van der Waals surface area contributed by atoms with E-state index >= 15 is 0 Å². The number of hydrogen-bond acceptors (Lipinski definition) is 6. The van der Waals surface area contributed by atoms with Crippen molar-refractivity contribution in [2.45, 2.75) is 6.61 Å². The van der Waals surface area contributed by atoms with Crippen LogP contribution in [0.2, 0.25) is 0 Å². The quantitative estimate of drug-likeness (QED) is 0.732. The summed E-state index contributed by atoms with van der Waals surface area (Å²) in [5.74, 6) is 0. The minimum absolute atomic E-state index is 0.0945. The summed E-state index contributed by atoms with van der Waals surface area (Å²) in [6.45, 7) is -0.0945. The second-order valence-corrected chi connectivity index (χ2v) is 4.57. The Balaban J connectivity index is 2.29. The number of nitrogens with zero attached hydrogens (tertiary/aromatic N) is 3. The molecule has 0 aromatic carbocycles. The van der Waals surface area contributed by atoms with Crippen molar-refractivity contribution in [2.75, 3.05) is 6.26 Å². The van der Waals surface area contributed by atoms with Crippen LogP contribution in [0.25, 0.3) is 11.0 Å². The molecule has 2 aromatic heterocycles. The molecule has 80 valence electrons. The monoisotopic (exact) mass is 228 g/mol. The first kappa shape index (κ1) is 9.99. The van der Waals surface area contributed by atoms with Gasteiger partial charge in [-0.25, -0.2) is 9.97 Å². The first-order chi connectivity index (χ1) is 7.06. The Morgan fingerprint density at radius 3 is 3.07 bits per heavy atom. The highest BCUT2D eigenvalue weighted by Gasteiger charge is 2.09. The molecule has 0 radical (unpaired) electrons. The number of fused-ring (bicyclic) bond motifs is 1. The van der Waals surface area contributed by atoms with Gasteiger partial charge in [0.2, 0.25) is 0 Å². The standard InChI is InChI=1S/C7H8N4O3S/c1-15(12,13)14-3-6-5-2-8-4-9-7(5)11-10-6/h2,4H,3H2,1H3,(H,8,9,10,11). The van der Waals surface area contributed by atoms with Crippen LogP contribution in [0.5, 0.6) is 0 Å². The van der Waals surface area contributed by atoms with Gasteiger partial charge in [-0.05, 0) is 0 Å². The van der Waals surface area contributed by atoms with Crippen molar-refractivity contribution >= 4 is 21.2 Å². The van der Waals surface area contributed by atoms with Crippen LogP contribution >= 0.6 is 0 Å². The van der Waals surface area contributed by atoms with Gasteiger partial charge < -0.3 is 0 Å². The summed E-state index contributed by atoms with van der Waals surface area (Å²) in [5.41, 5.74) is 1.02. The van der Waals surface area contributed by atoms with Crippen molar-refractivity contribution in [1.29, 1.82) is 0 Å². The topological polar surface area (TPSA) is 97.8 Å². The third kappa shape index (κ3) is 2.28. The zero-order valence-corrected chi connectivity index (χ0v) is 8.65. The maximum atomic E-state index is 10.8. The number of H-pyrrole nitrogens is 1. The Labute approximate surface area is 85.6 Å². The van der Waals surface area contributed by atoms with Crippen LogP contribution in [0, 0.1) is 0 Å². The van der Waals surface area contributed by atoms with Gasteiger partial charge in [0.1, 0.15) is 12.9 Å². The molecule has 0 saturated carbocycles. The summed E-state index contributed by atoms with van der Waals surface area (Å²) in [4.78, 5) is 7.70. The molecule has 8 heteroatoms. The summed E-state index contributed by atoms with van der Waals surface area (Å²) >= 11 is 0. The Morgan fingerprint density at radius 1 is 1.53 bits per heavy atom. The molecule has 0 amide bonds. The zero-order chi connectivity index (χ0) is 10.9. The maximum absolute atomic E-state index is 10.8. The van der Waals surface area contributed by atoms with Crippen LogP contribution in [-0.2, 0) is 20.9 Å². The minimum atomic E-state index is -3.46. The van der Waals surface area contributed by atoms with Crippen molar-refractivity contribution in [3.63, 3.8) is 0 Å². The fraction of sp³-hybridized carbons (Fsp3) is 0.286. The van der Waals surface area contributed by atoms with E-state index in [-0.39, 0.29) is 6.61 Å². The van der Waals surface area contributed by atoms with Gasteiger partial charge in [-0.15, -0.1) is 0 Å². The molecule has 15 heavy (non-hydrogen) atoms. The normalized spacial score (nSPS) is 12.1. The third-order valence-corrected chi connectivity index (χ3v) is 2.28. The molecule has 2 aromatic rings. The fourth-order valence-electron chi connectivity index (χ4n) is 1.08. The van der Waals surface area contributed by atoms with E-state index in [0.29, 0.717) is 16.7 Å². The van der Waals surface area contributed by atoms with E-state index in [4.69, 9.17) is 0 Å². The summed E-state index contributed by atoms with van der Waals surface area (Å²) in [7, 11) is -3.46. The molecule has 0 bridgehead atoms. The van der Waals surface area contributed by atoms with E-state index in [1.54, 1.807) is 6.20 Å². The number of rotatable bonds is 3. The first-order valence-corrected chi connectivity index (χ1v) is 5.85.